The molecule has 0 unspecified atom stereocenters. The minimum atomic E-state index is -7.68. The van der Waals surface area contributed by atoms with Gasteiger partial charge in [-0.05, 0) is 0 Å². The van der Waals surface area contributed by atoms with Gasteiger partial charge in [0.15, 0.2) is 0 Å². The number of halogens is 11. The number of carboxylic acids is 1. The summed E-state index contributed by atoms with van der Waals surface area (Å²) in [5.74, 6) is -33.6. The molecule has 0 spiro atoms. The van der Waals surface area contributed by atoms with E-state index in [4.69, 9.17) is 5.11 Å². The average Bonchev–Trinajstić information content (AvgIpc) is 2.14. The molecule has 0 saturated heterocycles. The Morgan fingerprint density at radius 1 is 0.650 bits per heavy atom. The maximum Gasteiger partial charge on any atom is 0.460 e. The Labute approximate surface area is 117 Å². The van der Waals surface area contributed by atoms with Crippen molar-refractivity contribution in [2.45, 2.75) is 29.9 Å². The normalized spacial score (nSPS) is 14.8. The standard InChI is InChI=1S/C6HF11O2.Ag/c7-2(8,1(18)19)3(9,10)4(11,12)5(13,14)6(15,16)17;/h(H,18,19);. The summed E-state index contributed by atoms with van der Waals surface area (Å²) in [7, 11) is 0. The first-order chi connectivity index (χ1) is 7.94. The van der Waals surface area contributed by atoms with Gasteiger partial charge in [-0.2, -0.15) is 48.3 Å². The van der Waals surface area contributed by atoms with E-state index in [0.29, 0.717) is 0 Å². The molecule has 0 aromatic heterocycles. The SMILES string of the molecule is O=C(O)C(F)(F)C(F)(F)C(F)(F)C(F)(F)C(F)(F)F.[Ag]. The first-order valence-electron chi connectivity index (χ1n) is 3.76. The summed E-state index contributed by atoms with van der Waals surface area (Å²) >= 11 is 0. The first-order valence-corrected chi connectivity index (χ1v) is 3.76. The van der Waals surface area contributed by atoms with Crippen molar-refractivity contribution in [2.75, 3.05) is 0 Å². The second kappa shape index (κ2) is 5.33. The van der Waals surface area contributed by atoms with Crippen LogP contribution in [0.5, 0.6) is 0 Å². The summed E-state index contributed by atoms with van der Waals surface area (Å²) < 4.78 is 133. The fourth-order valence-corrected chi connectivity index (χ4v) is 0.707. The van der Waals surface area contributed by atoms with Crippen molar-refractivity contribution in [3.8, 4) is 0 Å². The summed E-state index contributed by atoms with van der Waals surface area (Å²) in [6, 6.07) is 0. The van der Waals surface area contributed by atoms with Crippen molar-refractivity contribution in [3.05, 3.63) is 0 Å². The molecule has 0 rings (SSSR count). The van der Waals surface area contributed by atoms with Gasteiger partial charge in [0.1, 0.15) is 0 Å². The Balaban J connectivity index is 0. The molecule has 14 heteroatoms. The number of alkyl halides is 11. The molecule has 0 atom stereocenters. The van der Waals surface area contributed by atoms with E-state index >= 15 is 0 Å². The molecule has 0 aliphatic rings. The zero-order valence-electron chi connectivity index (χ0n) is 8.31. The van der Waals surface area contributed by atoms with Crippen LogP contribution in [-0.4, -0.2) is 40.9 Å². The summed E-state index contributed by atoms with van der Waals surface area (Å²) in [5, 5.41) is 7.52. The quantitative estimate of drug-likeness (QED) is 0.559. The predicted octanol–water partition coefficient (Wildman–Crippen LogP) is 3.17. The molecule has 20 heavy (non-hydrogen) atoms. The van der Waals surface area contributed by atoms with Crippen LogP contribution in [0.3, 0.4) is 0 Å². The van der Waals surface area contributed by atoms with Crippen molar-refractivity contribution in [2.24, 2.45) is 0 Å². The Morgan fingerprint density at radius 2 is 0.950 bits per heavy atom. The number of rotatable bonds is 4. The molecule has 125 valence electrons. The predicted molar refractivity (Wildman–Crippen MR) is 33.5 cm³/mol. The third kappa shape index (κ3) is 2.74. The Hall–Kier alpha value is -0.560. The van der Waals surface area contributed by atoms with Gasteiger partial charge >= 0.3 is 35.8 Å². The topological polar surface area (TPSA) is 37.3 Å². The van der Waals surface area contributed by atoms with Crippen LogP contribution in [-0.2, 0) is 27.2 Å². The summed E-state index contributed by atoms with van der Waals surface area (Å²) in [6.07, 6.45) is -7.30. The molecule has 0 heterocycles. The van der Waals surface area contributed by atoms with Crippen molar-refractivity contribution < 1.29 is 80.6 Å². The molecule has 0 fully saturated rings. The Morgan fingerprint density at radius 3 is 1.15 bits per heavy atom. The number of carbonyl (C=O) groups is 1. The van der Waals surface area contributed by atoms with Gasteiger partial charge in [0.25, 0.3) is 0 Å². The van der Waals surface area contributed by atoms with Gasteiger partial charge in [0.05, 0.1) is 0 Å². The van der Waals surface area contributed by atoms with Gasteiger partial charge in [0.2, 0.25) is 0 Å². The van der Waals surface area contributed by atoms with Crippen molar-refractivity contribution in [1.29, 1.82) is 0 Å². The fourth-order valence-electron chi connectivity index (χ4n) is 0.707. The summed E-state index contributed by atoms with van der Waals surface area (Å²) in [5.41, 5.74) is 0. The molecule has 1 radical (unpaired) electrons. The zero-order valence-corrected chi connectivity index (χ0v) is 9.80. The maximum atomic E-state index is 12.4. The first kappa shape index (κ1) is 21.7. The average molecular weight is 422 g/mol. The summed E-state index contributed by atoms with van der Waals surface area (Å²) in [6.45, 7) is 0. The minimum Gasteiger partial charge on any atom is -0.477 e. The monoisotopic (exact) mass is 421 g/mol. The number of hydrogen-bond donors (Lipinski definition) is 1. The molecule has 0 aromatic carbocycles. The van der Waals surface area contributed by atoms with E-state index < -0.39 is 35.8 Å². The number of hydrogen-bond acceptors (Lipinski definition) is 1. The number of aliphatic carboxylic acids is 1. The Bertz CT molecular complexity index is 374. The van der Waals surface area contributed by atoms with E-state index in [2.05, 4.69) is 0 Å². The minimum absolute atomic E-state index is 0. The zero-order chi connectivity index (χ0) is 16.1. The number of carboxylic acid groups (broad SMARTS) is 1. The van der Waals surface area contributed by atoms with Crippen molar-refractivity contribution in [3.63, 3.8) is 0 Å². The van der Waals surface area contributed by atoms with Gasteiger partial charge in [-0.3, -0.25) is 0 Å². The molecule has 0 aliphatic heterocycles. The van der Waals surface area contributed by atoms with E-state index in [9.17, 15) is 53.1 Å². The van der Waals surface area contributed by atoms with Crippen molar-refractivity contribution in [1.82, 2.24) is 0 Å². The van der Waals surface area contributed by atoms with Crippen molar-refractivity contribution >= 4 is 5.97 Å². The third-order valence-corrected chi connectivity index (χ3v) is 1.81. The smallest absolute Gasteiger partial charge is 0.460 e. The van der Waals surface area contributed by atoms with Crippen LogP contribution in [0.25, 0.3) is 0 Å². The van der Waals surface area contributed by atoms with E-state index in [1.54, 1.807) is 0 Å². The van der Waals surface area contributed by atoms with Crippen LogP contribution in [0.2, 0.25) is 0 Å². The largest absolute Gasteiger partial charge is 0.477 e. The maximum absolute atomic E-state index is 12.4. The van der Waals surface area contributed by atoms with Gasteiger partial charge in [-0.1, -0.05) is 0 Å². The molecular weight excluding hydrogens is 421 g/mol. The molecular formula is C6HAgF11O2. The summed E-state index contributed by atoms with van der Waals surface area (Å²) in [4.78, 5) is 9.60. The third-order valence-electron chi connectivity index (χ3n) is 1.81. The van der Waals surface area contributed by atoms with Gasteiger partial charge in [-0.15, -0.1) is 0 Å². The molecule has 2 nitrogen and oxygen atoms in total. The fraction of sp³-hybridized carbons (Fsp3) is 0.833. The van der Waals surface area contributed by atoms with Crippen LogP contribution in [0.1, 0.15) is 0 Å². The molecule has 1 N–H and O–H groups in total. The van der Waals surface area contributed by atoms with E-state index in [1.165, 1.54) is 0 Å². The van der Waals surface area contributed by atoms with Crippen LogP contribution in [0, 0.1) is 0 Å². The van der Waals surface area contributed by atoms with Crippen LogP contribution < -0.4 is 0 Å². The molecule has 0 amide bonds. The van der Waals surface area contributed by atoms with E-state index in [1.807, 2.05) is 0 Å². The van der Waals surface area contributed by atoms with Gasteiger partial charge < -0.3 is 5.11 Å². The van der Waals surface area contributed by atoms with Crippen LogP contribution in [0.4, 0.5) is 48.3 Å². The van der Waals surface area contributed by atoms with Crippen LogP contribution >= 0.6 is 0 Å². The second-order valence-electron chi connectivity index (χ2n) is 3.10. The Kier molecular flexibility index (Phi) is 5.79. The van der Waals surface area contributed by atoms with E-state index in [0.717, 1.165) is 0 Å². The molecule has 0 bridgehead atoms. The molecule has 0 saturated carbocycles. The van der Waals surface area contributed by atoms with Gasteiger partial charge in [0, 0.05) is 22.4 Å². The second-order valence-corrected chi connectivity index (χ2v) is 3.10. The molecule has 0 aromatic rings. The molecule has 0 aliphatic carbocycles. The van der Waals surface area contributed by atoms with E-state index in [-0.39, 0.29) is 22.4 Å². The van der Waals surface area contributed by atoms with Crippen LogP contribution in [0.15, 0.2) is 0 Å². The van der Waals surface area contributed by atoms with Gasteiger partial charge in [-0.25, -0.2) is 4.79 Å².